The molecule has 0 bridgehead atoms. The second-order valence-electron chi connectivity index (χ2n) is 6.46. The summed E-state index contributed by atoms with van der Waals surface area (Å²) in [5.74, 6) is 0.712. The first-order valence-electron chi connectivity index (χ1n) is 9.27. The second kappa shape index (κ2) is 8.94. The molecule has 0 radical (unpaired) electrons. The molecule has 152 valence electrons. The highest BCUT2D eigenvalue weighted by atomic mass is 16.5. The highest BCUT2D eigenvalue weighted by molar-refractivity contribution is 6.12. The van der Waals surface area contributed by atoms with E-state index in [-0.39, 0.29) is 13.2 Å². The van der Waals surface area contributed by atoms with Gasteiger partial charge in [-0.15, -0.1) is 0 Å². The molecule has 0 spiro atoms. The Hall–Kier alpha value is -3.09. The highest BCUT2D eigenvalue weighted by Gasteiger charge is 2.14. The van der Waals surface area contributed by atoms with Crippen LogP contribution in [0.15, 0.2) is 36.4 Å². The van der Waals surface area contributed by atoms with Crippen molar-refractivity contribution in [3.8, 4) is 11.5 Å². The van der Waals surface area contributed by atoms with Gasteiger partial charge in [-0.2, -0.15) is 0 Å². The smallest absolute Gasteiger partial charge is 0.330 e. The number of aliphatic hydroxyl groups excluding tert-OH is 2. The molecule has 29 heavy (non-hydrogen) atoms. The van der Waals surface area contributed by atoms with Crippen molar-refractivity contribution in [1.29, 1.82) is 0 Å². The van der Waals surface area contributed by atoms with Gasteiger partial charge in [-0.3, -0.25) is 0 Å². The van der Waals surface area contributed by atoms with Gasteiger partial charge in [0, 0.05) is 17.2 Å². The second-order valence-corrected chi connectivity index (χ2v) is 6.46. The van der Waals surface area contributed by atoms with E-state index in [1.807, 2.05) is 30.3 Å². The molecule has 0 aliphatic carbocycles. The summed E-state index contributed by atoms with van der Waals surface area (Å²) in [4.78, 5) is 11.8. The number of carbonyl (C=O) groups excluding carboxylic acids is 1. The molecule has 6 heteroatoms. The van der Waals surface area contributed by atoms with E-state index < -0.39 is 5.97 Å². The van der Waals surface area contributed by atoms with E-state index in [4.69, 9.17) is 14.2 Å². The van der Waals surface area contributed by atoms with E-state index in [2.05, 4.69) is 0 Å². The fourth-order valence-corrected chi connectivity index (χ4v) is 3.44. The quantitative estimate of drug-likeness (QED) is 0.361. The zero-order valence-corrected chi connectivity index (χ0v) is 16.7. The van der Waals surface area contributed by atoms with Crippen LogP contribution in [0, 0.1) is 0 Å². The van der Waals surface area contributed by atoms with Gasteiger partial charge >= 0.3 is 5.97 Å². The standard InChI is InChI=1S/C23H24O6/c1-4-29-23(26)6-5-14-7-15-10-21(27-2)16(12-24)8-18(15)20-9-17(13-25)22(28-3)11-19(14)20/h5-11,24-25H,4,12-13H2,1-3H3/b6-5+. The molecule has 0 heterocycles. The first kappa shape index (κ1) is 20.6. The topological polar surface area (TPSA) is 85.2 Å². The fourth-order valence-electron chi connectivity index (χ4n) is 3.44. The minimum atomic E-state index is -0.423. The molecular weight excluding hydrogens is 372 g/mol. The predicted molar refractivity (Wildman–Crippen MR) is 112 cm³/mol. The summed E-state index contributed by atoms with van der Waals surface area (Å²) in [6.45, 7) is 1.72. The highest BCUT2D eigenvalue weighted by Crippen LogP contribution is 2.37. The molecule has 3 aromatic carbocycles. The zero-order chi connectivity index (χ0) is 21.0. The number of aliphatic hydroxyl groups is 2. The lowest BCUT2D eigenvalue weighted by atomic mass is 9.93. The number of hydrogen-bond acceptors (Lipinski definition) is 6. The van der Waals surface area contributed by atoms with Crippen LogP contribution >= 0.6 is 0 Å². The molecule has 0 amide bonds. The Morgan fingerprint density at radius 2 is 1.52 bits per heavy atom. The molecule has 0 unspecified atom stereocenters. The Morgan fingerprint density at radius 1 is 0.897 bits per heavy atom. The Kier molecular flexibility index (Phi) is 6.36. The number of carbonyl (C=O) groups is 1. The van der Waals surface area contributed by atoms with Crippen LogP contribution in [0.5, 0.6) is 11.5 Å². The van der Waals surface area contributed by atoms with Crippen molar-refractivity contribution in [1.82, 2.24) is 0 Å². The third-order valence-corrected chi connectivity index (χ3v) is 4.81. The van der Waals surface area contributed by atoms with Crippen molar-refractivity contribution in [3.63, 3.8) is 0 Å². The van der Waals surface area contributed by atoms with Crippen molar-refractivity contribution < 1.29 is 29.2 Å². The predicted octanol–water partition coefficient (Wildman–Crippen LogP) is 3.57. The molecule has 0 saturated carbocycles. The van der Waals surface area contributed by atoms with Crippen LogP contribution in [0.4, 0.5) is 0 Å². The van der Waals surface area contributed by atoms with E-state index in [1.54, 1.807) is 27.2 Å². The molecule has 0 aliphatic rings. The van der Waals surface area contributed by atoms with E-state index >= 15 is 0 Å². The van der Waals surface area contributed by atoms with E-state index in [0.717, 1.165) is 27.1 Å². The van der Waals surface area contributed by atoms with Gasteiger partial charge in [-0.25, -0.2) is 4.79 Å². The van der Waals surface area contributed by atoms with Gasteiger partial charge in [0.2, 0.25) is 0 Å². The van der Waals surface area contributed by atoms with Crippen molar-refractivity contribution in [2.24, 2.45) is 0 Å². The van der Waals surface area contributed by atoms with Crippen LogP contribution < -0.4 is 9.47 Å². The summed E-state index contributed by atoms with van der Waals surface area (Å²) < 4.78 is 15.8. The van der Waals surface area contributed by atoms with Gasteiger partial charge < -0.3 is 24.4 Å². The number of methoxy groups -OCH3 is 2. The Morgan fingerprint density at radius 3 is 2.10 bits per heavy atom. The maximum atomic E-state index is 11.8. The SMILES string of the molecule is CCOC(=O)/C=C/c1cc2cc(OC)c(CO)cc2c2cc(CO)c(OC)cc12. The number of fused-ring (bicyclic) bond motifs is 3. The Bertz CT molecular complexity index is 1080. The zero-order valence-electron chi connectivity index (χ0n) is 16.7. The molecular formula is C23H24O6. The molecule has 0 atom stereocenters. The van der Waals surface area contributed by atoms with Crippen LogP contribution in [-0.4, -0.2) is 37.0 Å². The molecule has 0 saturated heterocycles. The molecule has 0 fully saturated rings. The minimum absolute atomic E-state index is 0.159. The summed E-state index contributed by atoms with van der Waals surface area (Å²) in [6, 6.07) is 9.38. The summed E-state index contributed by atoms with van der Waals surface area (Å²) in [5.41, 5.74) is 2.11. The van der Waals surface area contributed by atoms with Crippen LogP contribution in [0.2, 0.25) is 0 Å². The molecule has 3 aromatic rings. The maximum Gasteiger partial charge on any atom is 0.330 e. The third kappa shape index (κ3) is 4.04. The van der Waals surface area contributed by atoms with Crippen LogP contribution in [0.1, 0.15) is 23.6 Å². The van der Waals surface area contributed by atoms with Gasteiger partial charge in [0.25, 0.3) is 0 Å². The lowest BCUT2D eigenvalue weighted by Crippen LogP contribution is -1.99. The number of hydrogen-bond donors (Lipinski definition) is 2. The van der Waals surface area contributed by atoms with Gasteiger partial charge in [0.05, 0.1) is 34.0 Å². The summed E-state index contributed by atoms with van der Waals surface area (Å²) in [6.07, 6.45) is 3.08. The van der Waals surface area contributed by atoms with Crippen LogP contribution in [-0.2, 0) is 22.7 Å². The average Bonchev–Trinajstić information content (AvgIpc) is 2.75. The lowest BCUT2D eigenvalue weighted by Gasteiger charge is -2.15. The van der Waals surface area contributed by atoms with Gasteiger partial charge in [0.1, 0.15) is 11.5 Å². The number of benzene rings is 3. The van der Waals surface area contributed by atoms with E-state index in [9.17, 15) is 15.0 Å². The molecule has 2 N–H and O–H groups in total. The van der Waals surface area contributed by atoms with Crippen LogP contribution in [0.3, 0.4) is 0 Å². The largest absolute Gasteiger partial charge is 0.496 e. The molecule has 0 aliphatic heterocycles. The van der Waals surface area contributed by atoms with E-state index in [0.29, 0.717) is 29.2 Å². The Labute approximate surface area is 168 Å². The molecule has 6 nitrogen and oxygen atoms in total. The fraction of sp³-hybridized carbons (Fsp3) is 0.261. The van der Waals surface area contributed by atoms with Crippen molar-refractivity contribution >= 4 is 33.6 Å². The lowest BCUT2D eigenvalue weighted by molar-refractivity contribution is -0.137. The van der Waals surface area contributed by atoms with Gasteiger partial charge in [0.15, 0.2) is 0 Å². The summed E-state index contributed by atoms with van der Waals surface area (Å²) in [5, 5.41) is 23.0. The Balaban J connectivity index is 2.36. The summed E-state index contributed by atoms with van der Waals surface area (Å²) in [7, 11) is 3.10. The van der Waals surface area contributed by atoms with Crippen molar-refractivity contribution in [3.05, 3.63) is 53.1 Å². The normalized spacial score (nSPS) is 11.3. The first-order chi connectivity index (χ1) is 14.1. The monoisotopic (exact) mass is 396 g/mol. The van der Waals surface area contributed by atoms with Gasteiger partial charge in [-0.1, -0.05) is 0 Å². The molecule has 0 aromatic heterocycles. The summed E-state index contributed by atoms with van der Waals surface area (Å²) >= 11 is 0. The number of rotatable bonds is 7. The minimum Gasteiger partial charge on any atom is -0.496 e. The van der Waals surface area contributed by atoms with Gasteiger partial charge in [-0.05, 0) is 70.4 Å². The molecule has 3 rings (SSSR count). The maximum absolute atomic E-state index is 11.8. The van der Waals surface area contributed by atoms with E-state index in [1.165, 1.54) is 6.08 Å². The number of esters is 1. The third-order valence-electron chi connectivity index (χ3n) is 4.81. The number of ether oxygens (including phenoxy) is 3. The van der Waals surface area contributed by atoms with Crippen molar-refractivity contribution in [2.45, 2.75) is 20.1 Å². The average molecular weight is 396 g/mol. The first-order valence-corrected chi connectivity index (χ1v) is 9.27. The van der Waals surface area contributed by atoms with Crippen LogP contribution in [0.25, 0.3) is 27.6 Å². The van der Waals surface area contributed by atoms with Crippen molar-refractivity contribution in [2.75, 3.05) is 20.8 Å².